The minimum atomic E-state index is 0.525. The van der Waals surface area contributed by atoms with Gasteiger partial charge < -0.3 is 9.30 Å². The van der Waals surface area contributed by atoms with Gasteiger partial charge in [0.2, 0.25) is 0 Å². The highest BCUT2D eigenvalue weighted by molar-refractivity contribution is 6.32. The minimum Gasteiger partial charge on any atom is -0.302 e. The average Bonchev–Trinajstić information content (AvgIpc) is 2.77. The maximum atomic E-state index is 6.23. The Kier molecular flexibility index (Phi) is 3.50. The first-order valence-electron chi connectivity index (χ1n) is 7.03. The lowest BCUT2D eigenvalue weighted by atomic mass is 9.95. The van der Waals surface area contributed by atoms with Crippen molar-refractivity contribution in [3.8, 4) is 0 Å². The van der Waals surface area contributed by atoms with Crippen LogP contribution in [0.4, 0.5) is 0 Å². The van der Waals surface area contributed by atoms with Gasteiger partial charge in [0.1, 0.15) is 5.82 Å². The van der Waals surface area contributed by atoms with Crippen molar-refractivity contribution in [1.82, 2.24) is 14.3 Å². The normalized spacial score (nSPS) is 18.5. The molecule has 3 nitrogen and oxygen atoms in total. The van der Waals surface area contributed by atoms with Crippen LogP contribution in [-0.2, 0) is 0 Å². The van der Waals surface area contributed by atoms with Crippen LogP contribution in [0, 0.1) is 0 Å². The average molecular weight is 278 g/mol. The van der Waals surface area contributed by atoms with E-state index in [0.717, 1.165) is 24.4 Å². The minimum absolute atomic E-state index is 0.525. The fourth-order valence-electron chi connectivity index (χ4n) is 2.98. The second-order valence-electron chi connectivity index (χ2n) is 5.62. The Bertz CT molecular complexity index is 568. The highest BCUT2D eigenvalue weighted by Crippen LogP contribution is 2.30. The molecule has 19 heavy (non-hydrogen) atoms. The largest absolute Gasteiger partial charge is 0.302 e. The van der Waals surface area contributed by atoms with Gasteiger partial charge in [-0.1, -0.05) is 17.7 Å². The molecule has 4 heteroatoms. The molecule has 1 aliphatic heterocycles. The van der Waals surface area contributed by atoms with E-state index in [4.69, 9.17) is 11.6 Å². The standard InChI is InChI=1S/C15H20ClN3/c1-11(2)18-9-6-12(7-10-18)15-17-14(16)13-5-3-4-8-19(13)15/h3-5,8,11-12H,6-7,9-10H2,1-2H3. The lowest BCUT2D eigenvalue weighted by molar-refractivity contribution is 0.169. The van der Waals surface area contributed by atoms with Crippen LogP contribution in [0.1, 0.15) is 38.4 Å². The molecule has 102 valence electrons. The molecule has 2 aromatic heterocycles. The van der Waals surface area contributed by atoms with Crippen molar-refractivity contribution in [3.63, 3.8) is 0 Å². The Morgan fingerprint density at radius 2 is 2.00 bits per heavy atom. The van der Waals surface area contributed by atoms with E-state index in [1.165, 1.54) is 12.8 Å². The van der Waals surface area contributed by atoms with Crippen molar-refractivity contribution in [2.75, 3.05) is 13.1 Å². The van der Waals surface area contributed by atoms with Crippen molar-refractivity contribution in [1.29, 1.82) is 0 Å². The van der Waals surface area contributed by atoms with Gasteiger partial charge in [-0.2, -0.15) is 0 Å². The zero-order valence-electron chi connectivity index (χ0n) is 11.5. The summed E-state index contributed by atoms with van der Waals surface area (Å²) in [5.74, 6) is 1.65. The number of halogens is 1. The van der Waals surface area contributed by atoms with Gasteiger partial charge in [0.15, 0.2) is 5.15 Å². The van der Waals surface area contributed by atoms with Crippen LogP contribution in [0.15, 0.2) is 24.4 Å². The number of pyridine rings is 1. The summed E-state index contributed by atoms with van der Waals surface area (Å²) >= 11 is 6.23. The van der Waals surface area contributed by atoms with Gasteiger partial charge in [-0.25, -0.2) is 4.98 Å². The lowest BCUT2D eigenvalue weighted by Gasteiger charge is -2.34. The highest BCUT2D eigenvalue weighted by Gasteiger charge is 2.25. The van der Waals surface area contributed by atoms with Gasteiger partial charge in [-0.05, 0) is 51.9 Å². The summed E-state index contributed by atoms with van der Waals surface area (Å²) in [7, 11) is 0. The summed E-state index contributed by atoms with van der Waals surface area (Å²) in [5.41, 5.74) is 1.02. The van der Waals surface area contributed by atoms with Gasteiger partial charge in [-0.3, -0.25) is 0 Å². The van der Waals surface area contributed by atoms with E-state index in [2.05, 4.69) is 34.3 Å². The van der Waals surface area contributed by atoms with Crippen molar-refractivity contribution in [2.45, 2.75) is 38.6 Å². The lowest BCUT2D eigenvalue weighted by Crippen LogP contribution is -2.38. The van der Waals surface area contributed by atoms with E-state index < -0.39 is 0 Å². The number of piperidine rings is 1. The summed E-state index contributed by atoms with van der Waals surface area (Å²) in [6.07, 6.45) is 4.41. The van der Waals surface area contributed by atoms with Gasteiger partial charge >= 0.3 is 0 Å². The third kappa shape index (κ3) is 2.37. The molecule has 1 aliphatic rings. The zero-order chi connectivity index (χ0) is 13.4. The molecule has 2 aromatic rings. The molecule has 3 heterocycles. The van der Waals surface area contributed by atoms with Crippen molar-refractivity contribution < 1.29 is 0 Å². The molecule has 0 aromatic carbocycles. The Labute approximate surface area is 119 Å². The third-order valence-electron chi connectivity index (χ3n) is 4.16. The number of imidazole rings is 1. The van der Waals surface area contributed by atoms with E-state index in [0.29, 0.717) is 17.1 Å². The topological polar surface area (TPSA) is 20.5 Å². The fraction of sp³-hybridized carbons (Fsp3) is 0.533. The van der Waals surface area contributed by atoms with Crippen molar-refractivity contribution >= 4 is 17.1 Å². The summed E-state index contributed by atoms with van der Waals surface area (Å²) < 4.78 is 2.15. The van der Waals surface area contributed by atoms with Crippen LogP contribution in [0.25, 0.3) is 5.52 Å². The maximum absolute atomic E-state index is 6.23. The smallest absolute Gasteiger partial charge is 0.155 e. The molecule has 0 aliphatic carbocycles. The number of nitrogens with zero attached hydrogens (tertiary/aromatic N) is 3. The van der Waals surface area contributed by atoms with Crippen LogP contribution < -0.4 is 0 Å². The highest BCUT2D eigenvalue weighted by atomic mass is 35.5. The third-order valence-corrected chi connectivity index (χ3v) is 4.43. The first-order chi connectivity index (χ1) is 9.16. The van der Waals surface area contributed by atoms with Gasteiger partial charge in [0, 0.05) is 18.2 Å². The predicted octanol–water partition coefficient (Wildman–Crippen LogP) is 3.58. The number of fused-ring (bicyclic) bond motifs is 1. The summed E-state index contributed by atoms with van der Waals surface area (Å²) in [4.78, 5) is 7.13. The quantitative estimate of drug-likeness (QED) is 0.836. The monoisotopic (exact) mass is 277 g/mol. The Morgan fingerprint density at radius 3 is 2.68 bits per heavy atom. The molecular formula is C15H20ClN3. The van der Waals surface area contributed by atoms with Crippen LogP contribution in [-0.4, -0.2) is 33.4 Å². The Morgan fingerprint density at radius 1 is 1.26 bits per heavy atom. The molecule has 0 amide bonds. The number of aromatic nitrogens is 2. The van der Waals surface area contributed by atoms with E-state index in [1.807, 2.05) is 18.2 Å². The molecular weight excluding hydrogens is 258 g/mol. The number of likely N-dealkylation sites (tertiary alicyclic amines) is 1. The molecule has 1 fully saturated rings. The fourth-order valence-corrected chi connectivity index (χ4v) is 3.23. The predicted molar refractivity (Wildman–Crippen MR) is 78.9 cm³/mol. The number of hydrogen-bond acceptors (Lipinski definition) is 2. The Balaban J connectivity index is 1.86. The summed E-state index contributed by atoms with van der Waals surface area (Å²) in [6.45, 7) is 6.84. The summed E-state index contributed by atoms with van der Waals surface area (Å²) in [5, 5.41) is 0.627. The van der Waals surface area contributed by atoms with Crippen LogP contribution >= 0.6 is 11.6 Å². The van der Waals surface area contributed by atoms with E-state index >= 15 is 0 Å². The molecule has 0 saturated carbocycles. The molecule has 0 spiro atoms. The van der Waals surface area contributed by atoms with E-state index in [-0.39, 0.29) is 0 Å². The molecule has 0 N–H and O–H groups in total. The second kappa shape index (κ2) is 5.14. The maximum Gasteiger partial charge on any atom is 0.155 e. The molecule has 3 rings (SSSR count). The van der Waals surface area contributed by atoms with E-state index in [1.54, 1.807) is 0 Å². The van der Waals surface area contributed by atoms with Gasteiger partial charge in [0.25, 0.3) is 0 Å². The molecule has 1 saturated heterocycles. The van der Waals surface area contributed by atoms with Crippen LogP contribution in [0.5, 0.6) is 0 Å². The number of rotatable bonds is 2. The first-order valence-corrected chi connectivity index (χ1v) is 7.41. The van der Waals surface area contributed by atoms with Crippen LogP contribution in [0.3, 0.4) is 0 Å². The Hall–Kier alpha value is -1.06. The van der Waals surface area contributed by atoms with Crippen LogP contribution in [0.2, 0.25) is 5.15 Å². The summed E-state index contributed by atoms with van der Waals surface area (Å²) in [6, 6.07) is 6.72. The number of hydrogen-bond donors (Lipinski definition) is 0. The second-order valence-corrected chi connectivity index (χ2v) is 5.98. The molecule has 0 unspecified atom stereocenters. The first kappa shape index (κ1) is 12.9. The van der Waals surface area contributed by atoms with E-state index in [9.17, 15) is 0 Å². The van der Waals surface area contributed by atoms with Gasteiger partial charge in [0.05, 0.1) is 5.52 Å². The molecule has 0 bridgehead atoms. The molecule has 0 radical (unpaired) electrons. The zero-order valence-corrected chi connectivity index (χ0v) is 12.3. The SMILES string of the molecule is CC(C)N1CCC(c2nc(Cl)c3ccccn23)CC1. The van der Waals surface area contributed by atoms with Crippen molar-refractivity contribution in [3.05, 3.63) is 35.4 Å². The molecule has 0 atom stereocenters. The van der Waals surface area contributed by atoms with Crippen molar-refractivity contribution in [2.24, 2.45) is 0 Å². The van der Waals surface area contributed by atoms with Gasteiger partial charge in [-0.15, -0.1) is 0 Å².